The summed E-state index contributed by atoms with van der Waals surface area (Å²) in [5.41, 5.74) is 5.26. The molecule has 4 aromatic rings. The van der Waals surface area contributed by atoms with Crippen molar-refractivity contribution < 1.29 is 4.79 Å². The number of carbonyl (C=O) groups excluding carboxylic acids is 1. The van der Waals surface area contributed by atoms with Gasteiger partial charge >= 0.3 is 0 Å². The predicted molar refractivity (Wildman–Crippen MR) is 99.4 cm³/mol. The van der Waals surface area contributed by atoms with Gasteiger partial charge in [0, 0.05) is 11.8 Å². The Morgan fingerprint density at radius 2 is 2.08 bits per heavy atom. The van der Waals surface area contributed by atoms with E-state index in [0.29, 0.717) is 22.1 Å². The molecule has 0 aliphatic heterocycles. The number of hydrogen-bond acceptors (Lipinski definition) is 4. The zero-order valence-electron chi connectivity index (χ0n) is 14.1. The van der Waals surface area contributed by atoms with Gasteiger partial charge in [-0.25, -0.2) is 9.50 Å². The highest BCUT2D eigenvalue weighted by Gasteiger charge is 2.18. The van der Waals surface area contributed by atoms with Crippen molar-refractivity contribution in [3.05, 3.63) is 64.7 Å². The molecule has 2 N–H and O–H groups in total. The molecule has 0 radical (unpaired) electrons. The van der Waals surface area contributed by atoms with Crippen molar-refractivity contribution in [1.29, 1.82) is 0 Å². The van der Waals surface area contributed by atoms with Gasteiger partial charge in [0.25, 0.3) is 5.91 Å². The summed E-state index contributed by atoms with van der Waals surface area (Å²) in [4.78, 5) is 16.9. The average molecular weight is 367 g/mol. The second-order valence-electron chi connectivity index (χ2n) is 6.01. The summed E-state index contributed by atoms with van der Waals surface area (Å²) in [5, 5.41) is 14.4. The average Bonchev–Trinajstić information content (AvgIpc) is 3.23. The van der Waals surface area contributed by atoms with Crippen molar-refractivity contribution in [3.8, 4) is 11.3 Å². The summed E-state index contributed by atoms with van der Waals surface area (Å²) in [5.74, 6) is -0.331. The minimum atomic E-state index is -0.331. The van der Waals surface area contributed by atoms with Crippen LogP contribution in [0.1, 0.15) is 21.5 Å². The first kappa shape index (κ1) is 16.3. The largest absolute Gasteiger partial charge is 0.319 e. The number of nitrogens with one attached hydrogen (secondary N) is 2. The maximum atomic E-state index is 12.7. The molecule has 0 fully saturated rings. The lowest BCUT2D eigenvalue weighted by molar-refractivity contribution is 0.102. The standard InChI is InChI=1S/C18H15ClN6O/c1-10-3-4-11(2)12(7-10)16-14(9-20-24-16)22-18(26)13-8-21-25-6-5-15(19)23-17(13)25/h3-9H,1-2H3,(H,20,24)(H,22,26). The number of aromatic nitrogens is 5. The molecule has 26 heavy (non-hydrogen) atoms. The predicted octanol–water partition coefficient (Wildman–Crippen LogP) is 3.64. The topological polar surface area (TPSA) is 88.0 Å². The van der Waals surface area contributed by atoms with Crippen LogP contribution >= 0.6 is 11.6 Å². The molecule has 7 nitrogen and oxygen atoms in total. The lowest BCUT2D eigenvalue weighted by Crippen LogP contribution is -2.12. The Morgan fingerprint density at radius 3 is 2.92 bits per heavy atom. The molecule has 0 saturated heterocycles. The number of nitrogens with zero attached hydrogens (tertiary/aromatic N) is 4. The Balaban J connectivity index is 1.70. The Kier molecular flexibility index (Phi) is 3.93. The highest BCUT2D eigenvalue weighted by atomic mass is 35.5. The quantitative estimate of drug-likeness (QED) is 0.542. The summed E-state index contributed by atoms with van der Waals surface area (Å²) in [6, 6.07) is 7.74. The SMILES string of the molecule is Cc1ccc(C)c(-c2[nH]ncc2NC(=O)c2cnn3ccc(Cl)nc23)c1. The fourth-order valence-electron chi connectivity index (χ4n) is 2.79. The van der Waals surface area contributed by atoms with E-state index in [1.54, 1.807) is 18.5 Å². The summed E-state index contributed by atoms with van der Waals surface area (Å²) in [6.07, 6.45) is 4.70. The molecule has 130 valence electrons. The van der Waals surface area contributed by atoms with E-state index in [1.165, 1.54) is 10.7 Å². The maximum Gasteiger partial charge on any atom is 0.261 e. The minimum absolute atomic E-state index is 0.298. The number of amides is 1. The van der Waals surface area contributed by atoms with Gasteiger partial charge < -0.3 is 5.32 Å². The molecule has 4 rings (SSSR count). The van der Waals surface area contributed by atoms with Crippen LogP contribution in [0.25, 0.3) is 16.9 Å². The van der Waals surface area contributed by atoms with E-state index in [-0.39, 0.29) is 5.91 Å². The van der Waals surface area contributed by atoms with Crippen LogP contribution in [-0.4, -0.2) is 30.7 Å². The molecule has 0 aliphatic carbocycles. The third-order valence-electron chi connectivity index (χ3n) is 4.13. The molecule has 0 unspecified atom stereocenters. The summed E-state index contributed by atoms with van der Waals surface area (Å²) >= 11 is 5.93. The molecule has 0 bridgehead atoms. The van der Waals surface area contributed by atoms with Crippen molar-refractivity contribution in [1.82, 2.24) is 24.8 Å². The highest BCUT2D eigenvalue weighted by Crippen LogP contribution is 2.29. The Bertz CT molecular complexity index is 1130. The number of hydrogen-bond donors (Lipinski definition) is 2. The van der Waals surface area contributed by atoms with E-state index >= 15 is 0 Å². The number of anilines is 1. The number of fused-ring (bicyclic) bond motifs is 1. The molecule has 1 amide bonds. The van der Waals surface area contributed by atoms with Crippen LogP contribution in [0.5, 0.6) is 0 Å². The van der Waals surface area contributed by atoms with Gasteiger partial charge in [0.05, 0.1) is 23.8 Å². The fraction of sp³-hybridized carbons (Fsp3) is 0.111. The van der Waals surface area contributed by atoms with Crippen LogP contribution in [0.2, 0.25) is 5.15 Å². The lowest BCUT2D eigenvalue weighted by atomic mass is 10.0. The number of aromatic amines is 1. The molecule has 0 atom stereocenters. The smallest absolute Gasteiger partial charge is 0.261 e. The second-order valence-corrected chi connectivity index (χ2v) is 6.40. The zero-order chi connectivity index (χ0) is 18.3. The van der Waals surface area contributed by atoms with E-state index < -0.39 is 0 Å². The Hall–Kier alpha value is -3.19. The number of aryl methyl sites for hydroxylation is 2. The van der Waals surface area contributed by atoms with Gasteiger partial charge in [-0.1, -0.05) is 29.3 Å². The third-order valence-corrected chi connectivity index (χ3v) is 4.34. The first-order chi connectivity index (χ1) is 12.5. The third kappa shape index (κ3) is 2.82. The van der Waals surface area contributed by atoms with Crippen molar-refractivity contribution in [2.24, 2.45) is 0 Å². The monoisotopic (exact) mass is 366 g/mol. The summed E-state index contributed by atoms with van der Waals surface area (Å²) in [6.45, 7) is 4.03. The molecular weight excluding hydrogens is 352 g/mol. The summed E-state index contributed by atoms with van der Waals surface area (Å²) in [7, 11) is 0. The first-order valence-electron chi connectivity index (χ1n) is 7.95. The van der Waals surface area contributed by atoms with E-state index in [2.05, 4.69) is 31.7 Å². The van der Waals surface area contributed by atoms with Crippen molar-refractivity contribution >= 4 is 28.8 Å². The highest BCUT2D eigenvalue weighted by molar-refractivity contribution is 6.29. The van der Waals surface area contributed by atoms with Gasteiger partial charge in [0.1, 0.15) is 10.7 Å². The van der Waals surface area contributed by atoms with Crippen LogP contribution < -0.4 is 5.32 Å². The van der Waals surface area contributed by atoms with Gasteiger partial charge in [-0.2, -0.15) is 10.2 Å². The molecule has 0 spiro atoms. The van der Waals surface area contributed by atoms with E-state index in [1.807, 2.05) is 26.0 Å². The molecule has 0 aliphatic rings. The van der Waals surface area contributed by atoms with Crippen LogP contribution in [-0.2, 0) is 0 Å². The lowest BCUT2D eigenvalue weighted by Gasteiger charge is -2.09. The molecule has 3 aromatic heterocycles. The van der Waals surface area contributed by atoms with Crippen molar-refractivity contribution in [2.45, 2.75) is 13.8 Å². The van der Waals surface area contributed by atoms with Gasteiger partial charge in [-0.15, -0.1) is 0 Å². The van der Waals surface area contributed by atoms with Crippen molar-refractivity contribution in [2.75, 3.05) is 5.32 Å². The van der Waals surface area contributed by atoms with Crippen LogP contribution in [0, 0.1) is 13.8 Å². The number of H-pyrrole nitrogens is 1. The minimum Gasteiger partial charge on any atom is -0.319 e. The van der Waals surface area contributed by atoms with Gasteiger partial charge in [0.2, 0.25) is 0 Å². The number of carbonyl (C=O) groups is 1. The van der Waals surface area contributed by atoms with E-state index in [4.69, 9.17) is 11.6 Å². The van der Waals surface area contributed by atoms with Gasteiger partial charge in [-0.3, -0.25) is 9.89 Å². The number of benzene rings is 1. The molecular formula is C18H15ClN6O. The van der Waals surface area contributed by atoms with Gasteiger partial charge in [0.15, 0.2) is 5.65 Å². The Morgan fingerprint density at radius 1 is 1.23 bits per heavy atom. The first-order valence-corrected chi connectivity index (χ1v) is 8.33. The number of rotatable bonds is 3. The molecule has 0 saturated carbocycles. The number of halogens is 1. The van der Waals surface area contributed by atoms with E-state index in [9.17, 15) is 4.79 Å². The molecule has 8 heteroatoms. The second kappa shape index (κ2) is 6.27. The normalized spacial score (nSPS) is 11.0. The van der Waals surface area contributed by atoms with Crippen LogP contribution in [0.15, 0.2) is 42.9 Å². The Labute approximate surface area is 154 Å². The van der Waals surface area contributed by atoms with E-state index in [0.717, 1.165) is 22.4 Å². The fourth-order valence-corrected chi connectivity index (χ4v) is 2.92. The van der Waals surface area contributed by atoms with Gasteiger partial charge in [-0.05, 0) is 31.5 Å². The molecule has 3 heterocycles. The van der Waals surface area contributed by atoms with Crippen molar-refractivity contribution in [3.63, 3.8) is 0 Å². The maximum absolute atomic E-state index is 12.7. The zero-order valence-corrected chi connectivity index (χ0v) is 14.9. The molecule has 1 aromatic carbocycles. The van der Waals surface area contributed by atoms with Crippen LogP contribution in [0.3, 0.4) is 0 Å². The van der Waals surface area contributed by atoms with Crippen LogP contribution in [0.4, 0.5) is 5.69 Å². The summed E-state index contributed by atoms with van der Waals surface area (Å²) < 4.78 is 1.50.